The van der Waals surface area contributed by atoms with Gasteiger partial charge in [0.1, 0.15) is 0 Å². The minimum absolute atomic E-state index is 0.262. The molecule has 1 amide bonds. The van der Waals surface area contributed by atoms with Crippen molar-refractivity contribution in [2.45, 2.75) is 39.0 Å². The lowest BCUT2D eigenvalue weighted by Gasteiger charge is -2.30. The van der Waals surface area contributed by atoms with Gasteiger partial charge >= 0.3 is 5.97 Å². The second kappa shape index (κ2) is 6.66. The number of aliphatic carboxylic acids is 1. The second-order valence-electron chi connectivity index (χ2n) is 4.65. The van der Waals surface area contributed by atoms with Crippen LogP contribution in [0.3, 0.4) is 0 Å². The highest BCUT2D eigenvalue weighted by molar-refractivity contribution is 5.79. The third-order valence-electron chi connectivity index (χ3n) is 3.48. The van der Waals surface area contributed by atoms with E-state index in [2.05, 4.69) is 0 Å². The molecule has 0 aromatic carbocycles. The van der Waals surface area contributed by atoms with Crippen LogP contribution in [0.4, 0.5) is 8.78 Å². The van der Waals surface area contributed by atoms with Crippen LogP contribution in [0.1, 0.15) is 32.6 Å². The SMILES string of the molecule is CCN(CC(F)F)C(=O)C1CCC(C(=O)O)CC1. The van der Waals surface area contributed by atoms with Crippen LogP contribution in [0.25, 0.3) is 0 Å². The van der Waals surface area contributed by atoms with E-state index in [0.29, 0.717) is 25.7 Å². The molecule has 0 saturated heterocycles. The van der Waals surface area contributed by atoms with Gasteiger partial charge in [0.2, 0.25) is 5.91 Å². The van der Waals surface area contributed by atoms with Crippen molar-refractivity contribution in [3.05, 3.63) is 0 Å². The normalized spacial score (nSPS) is 24.0. The number of halogens is 2. The van der Waals surface area contributed by atoms with Crippen molar-refractivity contribution >= 4 is 11.9 Å². The van der Waals surface area contributed by atoms with E-state index in [9.17, 15) is 18.4 Å². The van der Waals surface area contributed by atoms with Gasteiger partial charge in [-0.05, 0) is 32.6 Å². The van der Waals surface area contributed by atoms with E-state index in [0.717, 1.165) is 4.90 Å². The molecule has 104 valence electrons. The van der Waals surface area contributed by atoms with E-state index in [4.69, 9.17) is 5.11 Å². The predicted molar refractivity (Wildman–Crippen MR) is 61.3 cm³/mol. The maximum Gasteiger partial charge on any atom is 0.306 e. The molecule has 1 rings (SSSR count). The van der Waals surface area contributed by atoms with E-state index in [1.54, 1.807) is 6.92 Å². The molecule has 0 aromatic heterocycles. The highest BCUT2D eigenvalue weighted by atomic mass is 19.3. The topological polar surface area (TPSA) is 57.6 Å². The van der Waals surface area contributed by atoms with Crippen LogP contribution in [0, 0.1) is 11.8 Å². The van der Waals surface area contributed by atoms with Gasteiger partial charge in [-0.3, -0.25) is 9.59 Å². The van der Waals surface area contributed by atoms with Gasteiger partial charge in [-0.2, -0.15) is 0 Å². The number of amides is 1. The van der Waals surface area contributed by atoms with Gasteiger partial charge in [-0.15, -0.1) is 0 Å². The average molecular weight is 263 g/mol. The van der Waals surface area contributed by atoms with Crippen molar-refractivity contribution in [3.8, 4) is 0 Å². The molecule has 0 aliphatic heterocycles. The Kier molecular flexibility index (Phi) is 5.50. The number of rotatable bonds is 5. The number of carbonyl (C=O) groups is 2. The third-order valence-corrected chi connectivity index (χ3v) is 3.48. The fourth-order valence-electron chi connectivity index (χ4n) is 2.39. The number of carbonyl (C=O) groups excluding carboxylic acids is 1. The van der Waals surface area contributed by atoms with Gasteiger partial charge in [0.15, 0.2) is 0 Å². The van der Waals surface area contributed by atoms with Gasteiger partial charge in [-0.1, -0.05) is 0 Å². The van der Waals surface area contributed by atoms with Gasteiger partial charge in [0, 0.05) is 12.5 Å². The molecule has 0 aromatic rings. The number of hydrogen-bond acceptors (Lipinski definition) is 2. The molecular weight excluding hydrogens is 244 g/mol. The van der Waals surface area contributed by atoms with E-state index in [1.165, 1.54) is 0 Å². The van der Waals surface area contributed by atoms with Crippen LogP contribution in [-0.4, -0.2) is 41.4 Å². The Morgan fingerprint density at radius 1 is 1.22 bits per heavy atom. The maximum absolute atomic E-state index is 12.3. The largest absolute Gasteiger partial charge is 0.481 e. The standard InChI is InChI=1S/C12H19F2NO3/c1-2-15(7-10(13)14)11(16)8-3-5-9(6-4-8)12(17)18/h8-10H,2-7H2,1H3,(H,17,18). The highest BCUT2D eigenvalue weighted by Gasteiger charge is 2.32. The number of carboxylic acid groups (broad SMARTS) is 1. The summed E-state index contributed by atoms with van der Waals surface area (Å²) in [6.07, 6.45) is -0.648. The second-order valence-corrected chi connectivity index (χ2v) is 4.65. The van der Waals surface area contributed by atoms with E-state index < -0.39 is 18.9 Å². The van der Waals surface area contributed by atoms with Gasteiger partial charge in [-0.25, -0.2) is 8.78 Å². The summed E-state index contributed by atoms with van der Waals surface area (Å²) in [6, 6.07) is 0. The highest BCUT2D eigenvalue weighted by Crippen LogP contribution is 2.30. The molecule has 1 aliphatic carbocycles. The molecule has 6 heteroatoms. The molecule has 4 nitrogen and oxygen atoms in total. The van der Waals surface area contributed by atoms with E-state index in [-0.39, 0.29) is 24.3 Å². The summed E-state index contributed by atoms with van der Waals surface area (Å²) in [5.41, 5.74) is 0. The fourth-order valence-corrected chi connectivity index (χ4v) is 2.39. The summed E-state index contributed by atoms with van der Waals surface area (Å²) in [5.74, 6) is -1.78. The molecule has 1 aliphatic rings. The lowest BCUT2D eigenvalue weighted by molar-refractivity contribution is -0.146. The Labute approximate surface area is 105 Å². The molecule has 0 heterocycles. The zero-order valence-electron chi connectivity index (χ0n) is 10.4. The van der Waals surface area contributed by atoms with Crippen LogP contribution >= 0.6 is 0 Å². The molecule has 1 N–H and O–H groups in total. The summed E-state index contributed by atoms with van der Waals surface area (Å²) in [7, 11) is 0. The van der Waals surface area contributed by atoms with Crippen LogP contribution in [0.2, 0.25) is 0 Å². The fraction of sp³-hybridized carbons (Fsp3) is 0.833. The maximum atomic E-state index is 12.3. The van der Waals surface area contributed by atoms with Crippen molar-refractivity contribution in [2.75, 3.05) is 13.1 Å². The number of alkyl halides is 2. The lowest BCUT2D eigenvalue weighted by Crippen LogP contribution is -2.40. The Bertz CT molecular complexity index is 302. The van der Waals surface area contributed by atoms with E-state index in [1.807, 2.05) is 0 Å². The van der Waals surface area contributed by atoms with Crippen molar-refractivity contribution in [2.24, 2.45) is 11.8 Å². The van der Waals surface area contributed by atoms with Gasteiger partial charge in [0.25, 0.3) is 6.43 Å². The van der Waals surface area contributed by atoms with Crippen molar-refractivity contribution in [1.29, 1.82) is 0 Å². The average Bonchev–Trinajstić information content (AvgIpc) is 2.35. The zero-order chi connectivity index (χ0) is 13.7. The third kappa shape index (κ3) is 3.92. The molecule has 1 saturated carbocycles. The first kappa shape index (κ1) is 14.9. The Morgan fingerprint density at radius 2 is 1.72 bits per heavy atom. The molecule has 0 radical (unpaired) electrons. The van der Waals surface area contributed by atoms with Crippen LogP contribution < -0.4 is 0 Å². The molecule has 1 fully saturated rings. The predicted octanol–water partition coefficient (Wildman–Crippen LogP) is 1.99. The Balaban J connectivity index is 2.50. The number of hydrogen-bond donors (Lipinski definition) is 1. The monoisotopic (exact) mass is 263 g/mol. The molecule has 0 atom stereocenters. The first-order chi connectivity index (χ1) is 8.45. The smallest absolute Gasteiger partial charge is 0.306 e. The quantitative estimate of drug-likeness (QED) is 0.825. The summed E-state index contributed by atoms with van der Waals surface area (Å²) in [4.78, 5) is 23.9. The zero-order valence-corrected chi connectivity index (χ0v) is 10.4. The Morgan fingerprint density at radius 3 is 2.11 bits per heavy atom. The first-order valence-electron chi connectivity index (χ1n) is 6.25. The summed E-state index contributed by atoms with van der Waals surface area (Å²) < 4.78 is 24.6. The number of carboxylic acids is 1. The molecule has 0 unspecified atom stereocenters. The van der Waals surface area contributed by atoms with Crippen molar-refractivity contribution in [3.63, 3.8) is 0 Å². The lowest BCUT2D eigenvalue weighted by atomic mass is 9.81. The Hall–Kier alpha value is -1.20. The number of nitrogens with zero attached hydrogens (tertiary/aromatic N) is 1. The molecule has 0 bridgehead atoms. The van der Waals surface area contributed by atoms with Crippen LogP contribution in [0.15, 0.2) is 0 Å². The molecule has 0 spiro atoms. The van der Waals surface area contributed by atoms with Crippen molar-refractivity contribution in [1.82, 2.24) is 4.90 Å². The minimum Gasteiger partial charge on any atom is -0.481 e. The van der Waals surface area contributed by atoms with Crippen LogP contribution in [0.5, 0.6) is 0 Å². The van der Waals surface area contributed by atoms with Crippen LogP contribution in [-0.2, 0) is 9.59 Å². The van der Waals surface area contributed by atoms with Gasteiger partial charge in [0.05, 0.1) is 12.5 Å². The van der Waals surface area contributed by atoms with Crippen molar-refractivity contribution < 1.29 is 23.5 Å². The molecule has 18 heavy (non-hydrogen) atoms. The molecular formula is C12H19F2NO3. The first-order valence-corrected chi connectivity index (χ1v) is 6.25. The minimum atomic E-state index is -2.52. The summed E-state index contributed by atoms with van der Waals surface area (Å²) >= 11 is 0. The van der Waals surface area contributed by atoms with E-state index >= 15 is 0 Å². The summed E-state index contributed by atoms with van der Waals surface area (Å²) in [6.45, 7) is 1.40. The van der Waals surface area contributed by atoms with Gasteiger partial charge < -0.3 is 10.0 Å². The summed E-state index contributed by atoms with van der Waals surface area (Å²) in [5, 5.41) is 8.84.